The molecule has 3 rings (SSSR count). The summed E-state index contributed by atoms with van der Waals surface area (Å²) >= 11 is 0. The Morgan fingerprint density at radius 1 is 1.17 bits per heavy atom. The monoisotopic (exact) mass is 334 g/mol. The van der Waals surface area contributed by atoms with Gasteiger partial charge in [-0.25, -0.2) is 8.42 Å². The van der Waals surface area contributed by atoms with E-state index in [1.165, 1.54) is 0 Å². The van der Waals surface area contributed by atoms with Gasteiger partial charge in [0.25, 0.3) is 0 Å². The molecule has 0 aromatic heterocycles. The van der Waals surface area contributed by atoms with E-state index in [9.17, 15) is 8.42 Å². The van der Waals surface area contributed by atoms with Crippen LogP contribution in [0.15, 0.2) is 42.5 Å². The van der Waals surface area contributed by atoms with Crippen LogP contribution in [-0.4, -0.2) is 26.0 Å². The van der Waals surface area contributed by atoms with Crippen LogP contribution in [0.3, 0.4) is 0 Å². The van der Waals surface area contributed by atoms with Crippen LogP contribution in [0.25, 0.3) is 0 Å². The summed E-state index contributed by atoms with van der Waals surface area (Å²) in [7, 11) is -2.98. The van der Waals surface area contributed by atoms with Gasteiger partial charge in [0.15, 0.2) is 9.84 Å². The predicted molar refractivity (Wildman–Crippen MR) is 92.7 cm³/mol. The molecule has 0 saturated carbocycles. The van der Waals surface area contributed by atoms with Gasteiger partial charge in [0.1, 0.15) is 0 Å². The SMILES string of the molecule is CC[C@@H]1C=C[C@H]2[C@H]([C@H]1COCc1ccccc1)[C@@H](C)CS2(=O)=O. The fourth-order valence-corrected chi connectivity index (χ4v) is 6.76. The van der Waals surface area contributed by atoms with Gasteiger partial charge in [-0.1, -0.05) is 56.3 Å². The van der Waals surface area contributed by atoms with E-state index in [0.29, 0.717) is 30.8 Å². The number of ether oxygens (including phenoxy) is 1. The normalized spacial score (nSPS) is 35.1. The minimum atomic E-state index is -2.98. The first-order valence-electron chi connectivity index (χ1n) is 8.54. The van der Waals surface area contributed by atoms with Crippen LogP contribution in [0.5, 0.6) is 0 Å². The van der Waals surface area contributed by atoms with Crippen molar-refractivity contribution < 1.29 is 13.2 Å². The van der Waals surface area contributed by atoms with Gasteiger partial charge in [-0.05, 0) is 35.7 Å². The van der Waals surface area contributed by atoms with Crippen LogP contribution in [0.4, 0.5) is 0 Å². The summed E-state index contributed by atoms with van der Waals surface area (Å²) in [5.74, 6) is 1.45. The van der Waals surface area contributed by atoms with Crippen molar-refractivity contribution in [1.82, 2.24) is 0 Å². The maximum atomic E-state index is 12.4. The first-order valence-corrected chi connectivity index (χ1v) is 10.3. The summed E-state index contributed by atoms with van der Waals surface area (Å²) in [6.07, 6.45) is 5.10. The zero-order valence-electron chi connectivity index (χ0n) is 13.9. The largest absolute Gasteiger partial charge is 0.376 e. The molecule has 0 radical (unpaired) electrons. The minimum absolute atomic E-state index is 0.200. The smallest absolute Gasteiger partial charge is 0.157 e. The molecule has 0 unspecified atom stereocenters. The van der Waals surface area contributed by atoms with E-state index in [0.717, 1.165) is 12.0 Å². The molecule has 5 atom stereocenters. The Balaban J connectivity index is 1.72. The van der Waals surface area contributed by atoms with E-state index >= 15 is 0 Å². The van der Waals surface area contributed by atoms with Gasteiger partial charge in [0.2, 0.25) is 0 Å². The fraction of sp³-hybridized carbons (Fsp3) is 0.579. The summed E-state index contributed by atoms with van der Waals surface area (Å²) in [5, 5.41) is -0.300. The summed E-state index contributed by atoms with van der Waals surface area (Å²) in [4.78, 5) is 0. The van der Waals surface area contributed by atoms with E-state index in [4.69, 9.17) is 4.74 Å². The second-order valence-electron chi connectivity index (χ2n) is 6.97. The van der Waals surface area contributed by atoms with E-state index in [1.54, 1.807) is 0 Å². The van der Waals surface area contributed by atoms with E-state index in [-0.39, 0.29) is 17.1 Å². The molecule has 1 saturated heterocycles. The highest BCUT2D eigenvalue weighted by Gasteiger charge is 2.50. The van der Waals surface area contributed by atoms with Crippen LogP contribution in [0, 0.1) is 23.7 Å². The molecule has 1 aromatic carbocycles. The lowest BCUT2D eigenvalue weighted by Gasteiger charge is -2.37. The number of allylic oxidation sites excluding steroid dienone is 1. The van der Waals surface area contributed by atoms with Crippen molar-refractivity contribution >= 4 is 9.84 Å². The molecule has 0 bridgehead atoms. The van der Waals surface area contributed by atoms with E-state index in [2.05, 4.69) is 32.1 Å². The van der Waals surface area contributed by atoms with Crippen LogP contribution in [0.2, 0.25) is 0 Å². The first kappa shape index (κ1) is 16.7. The highest BCUT2D eigenvalue weighted by molar-refractivity contribution is 7.92. The third-order valence-electron chi connectivity index (χ3n) is 5.43. The van der Waals surface area contributed by atoms with Crippen molar-refractivity contribution in [3.8, 4) is 0 Å². The topological polar surface area (TPSA) is 43.4 Å². The molecule has 1 fully saturated rings. The Bertz CT molecular complexity index is 650. The Morgan fingerprint density at radius 3 is 2.61 bits per heavy atom. The molecular formula is C19H26O3S. The van der Waals surface area contributed by atoms with Crippen LogP contribution in [-0.2, 0) is 21.2 Å². The van der Waals surface area contributed by atoms with Crippen molar-refractivity contribution in [3.63, 3.8) is 0 Å². The summed E-state index contributed by atoms with van der Waals surface area (Å²) in [5.41, 5.74) is 1.16. The zero-order chi connectivity index (χ0) is 16.4. The Labute approximate surface area is 139 Å². The molecule has 1 aliphatic heterocycles. The molecule has 1 aromatic rings. The predicted octanol–water partition coefficient (Wildman–Crippen LogP) is 3.46. The zero-order valence-corrected chi connectivity index (χ0v) is 14.7. The second kappa shape index (κ2) is 6.78. The quantitative estimate of drug-likeness (QED) is 0.775. The molecule has 3 nitrogen and oxygen atoms in total. The van der Waals surface area contributed by atoms with Crippen molar-refractivity contribution in [2.24, 2.45) is 23.7 Å². The van der Waals surface area contributed by atoms with Crippen molar-refractivity contribution in [3.05, 3.63) is 48.0 Å². The van der Waals surface area contributed by atoms with Gasteiger partial charge < -0.3 is 4.74 Å². The summed E-state index contributed by atoms with van der Waals surface area (Å²) in [6, 6.07) is 10.1. The lowest BCUT2D eigenvalue weighted by molar-refractivity contribution is 0.0371. The third-order valence-corrected chi connectivity index (χ3v) is 7.72. The molecular weight excluding hydrogens is 308 g/mol. The summed E-state index contributed by atoms with van der Waals surface area (Å²) < 4.78 is 30.7. The van der Waals surface area contributed by atoms with Crippen LogP contribution in [0.1, 0.15) is 25.8 Å². The lowest BCUT2D eigenvalue weighted by atomic mass is 9.70. The maximum Gasteiger partial charge on any atom is 0.157 e. The van der Waals surface area contributed by atoms with Gasteiger partial charge in [-0.2, -0.15) is 0 Å². The Morgan fingerprint density at radius 2 is 1.91 bits per heavy atom. The average Bonchev–Trinajstić information content (AvgIpc) is 2.78. The van der Waals surface area contributed by atoms with Gasteiger partial charge >= 0.3 is 0 Å². The number of hydrogen-bond acceptors (Lipinski definition) is 3. The highest BCUT2D eigenvalue weighted by Crippen LogP contribution is 2.45. The van der Waals surface area contributed by atoms with Gasteiger partial charge in [-0.3, -0.25) is 0 Å². The Kier molecular flexibility index (Phi) is 4.93. The molecule has 0 spiro atoms. The number of hydrogen-bond donors (Lipinski definition) is 0. The lowest BCUT2D eigenvalue weighted by Crippen LogP contribution is -2.38. The van der Waals surface area contributed by atoms with E-state index in [1.807, 2.05) is 24.3 Å². The van der Waals surface area contributed by atoms with Crippen molar-refractivity contribution in [2.75, 3.05) is 12.4 Å². The van der Waals surface area contributed by atoms with Crippen LogP contribution < -0.4 is 0 Å². The molecule has 4 heteroatoms. The number of benzene rings is 1. The Hall–Kier alpha value is -1.13. The molecule has 126 valence electrons. The molecule has 2 aliphatic rings. The first-order chi connectivity index (χ1) is 11.0. The highest BCUT2D eigenvalue weighted by atomic mass is 32.2. The van der Waals surface area contributed by atoms with Gasteiger partial charge in [0, 0.05) is 0 Å². The summed E-state index contributed by atoms with van der Waals surface area (Å²) in [6.45, 7) is 5.49. The standard InChI is InChI=1S/C19H26O3S/c1-3-16-9-10-18-19(14(2)13-23(18,20)21)17(16)12-22-11-15-7-5-4-6-8-15/h4-10,14,16-19H,3,11-13H2,1-2H3/t14-,16+,17-,18-,19-/m0/s1. The number of fused-ring (bicyclic) bond motifs is 1. The van der Waals surface area contributed by atoms with E-state index < -0.39 is 9.84 Å². The second-order valence-corrected chi connectivity index (χ2v) is 9.17. The van der Waals surface area contributed by atoms with Crippen molar-refractivity contribution in [2.45, 2.75) is 32.1 Å². The molecule has 1 aliphatic carbocycles. The van der Waals surface area contributed by atoms with Crippen LogP contribution >= 0.6 is 0 Å². The van der Waals surface area contributed by atoms with Crippen molar-refractivity contribution in [1.29, 1.82) is 0 Å². The third kappa shape index (κ3) is 3.38. The molecule has 0 amide bonds. The molecule has 23 heavy (non-hydrogen) atoms. The molecule has 0 N–H and O–H groups in total. The minimum Gasteiger partial charge on any atom is -0.376 e. The molecule has 1 heterocycles. The fourth-order valence-electron chi connectivity index (χ4n) is 4.31. The number of rotatable bonds is 5. The van der Waals surface area contributed by atoms with Gasteiger partial charge in [-0.15, -0.1) is 0 Å². The van der Waals surface area contributed by atoms with Gasteiger partial charge in [0.05, 0.1) is 24.2 Å². The average molecular weight is 334 g/mol. The number of sulfone groups is 1. The maximum absolute atomic E-state index is 12.4.